The zero-order valence-corrected chi connectivity index (χ0v) is 14.0. The molecule has 0 saturated carbocycles. The van der Waals surface area contributed by atoms with Crippen LogP contribution in [0.15, 0.2) is 57.7 Å². The van der Waals surface area contributed by atoms with Crippen molar-refractivity contribution in [3.05, 3.63) is 81.5 Å². The first-order valence-corrected chi connectivity index (χ1v) is 8.04. The predicted octanol–water partition coefficient (Wildman–Crippen LogP) is 3.99. The normalized spacial score (nSPS) is 11.0. The largest absolute Gasteiger partial charge is 0.423 e. The van der Waals surface area contributed by atoms with E-state index in [1.54, 1.807) is 6.07 Å². The van der Waals surface area contributed by atoms with Gasteiger partial charge in [0.2, 0.25) is 0 Å². The van der Waals surface area contributed by atoms with Gasteiger partial charge in [0, 0.05) is 23.6 Å². The number of fused-ring (bicyclic) bond motifs is 1. The Hall–Kier alpha value is -2.95. The Kier molecular flexibility index (Phi) is 4.65. The highest BCUT2D eigenvalue weighted by Gasteiger charge is 2.11. The van der Waals surface area contributed by atoms with Gasteiger partial charge in [-0.15, -0.1) is 0 Å². The van der Waals surface area contributed by atoms with Crippen LogP contribution in [0.5, 0.6) is 0 Å². The highest BCUT2D eigenvalue weighted by atomic mass is 19.1. The molecule has 0 aliphatic carbocycles. The highest BCUT2D eigenvalue weighted by molar-refractivity contribution is 5.94. The fourth-order valence-electron chi connectivity index (χ4n) is 2.66. The molecular weight excluding hydrogens is 321 g/mol. The Morgan fingerprint density at radius 1 is 1.16 bits per heavy atom. The lowest BCUT2D eigenvalue weighted by atomic mass is 9.99. The van der Waals surface area contributed by atoms with Gasteiger partial charge in [-0.3, -0.25) is 4.79 Å². The van der Waals surface area contributed by atoms with Crippen molar-refractivity contribution in [2.24, 2.45) is 0 Å². The van der Waals surface area contributed by atoms with E-state index in [-0.39, 0.29) is 12.1 Å². The second-order valence-electron chi connectivity index (χ2n) is 6.19. The van der Waals surface area contributed by atoms with Gasteiger partial charge < -0.3 is 9.73 Å². The first-order valence-electron chi connectivity index (χ1n) is 8.04. The van der Waals surface area contributed by atoms with Gasteiger partial charge in [-0.2, -0.15) is 0 Å². The molecule has 4 nitrogen and oxygen atoms in total. The van der Waals surface area contributed by atoms with E-state index >= 15 is 0 Å². The van der Waals surface area contributed by atoms with Crippen LogP contribution >= 0.6 is 0 Å². The van der Waals surface area contributed by atoms with E-state index < -0.39 is 17.3 Å². The summed E-state index contributed by atoms with van der Waals surface area (Å²) in [4.78, 5) is 23.9. The van der Waals surface area contributed by atoms with Crippen molar-refractivity contribution >= 4 is 16.9 Å². The molecule has 0 aliphatic rings. The Labute approximate surface area is 144 Å². The first kappa shape index (κ1) is 16.9. The maximum Gasteiger partial charge on any atom is 0.336 e. The molecule has 3 aromatic rings. The number of rotatable bonds is 4. The lowest BCUT2D eigenvalue weighted by Crippen LogP contribution is -2.23. The smallest absolute Gasteiger partial charge is 0.336 e. The number of amides is 1. The van der Waals surface area contributed by atoms with Crippen LogP contribution in [0.3, 0.4) is 0 Å². The Morgan fingerprint density at radius 2 is 1.96 bits per heavy atom. The standard InChI is InChI=1S/C20H18FNO3/c1-12(2)13-6-7-18-17(9-13)15(10-19(23)25-18)11-22-20(24)14-4-3-5-16(21)8-14/h3-10,12H,11H2,1-2H3,(H,22,24). The molecule has 1 aromatic heterocycles. The molecule has 0 atom stereocenters. The van der Waals surface area contributed by atoms with Crippen molar-refractivity contribution in [1.82, 2.24) is 5.32 Å². The summed E-state index contributed by atoms with van der Waals surface area (Å²) in [6, 6.07) is 12.5. The second kappa shape index (κ2) is 6.89. The molecule has 2 aromatic carbocycles. The number of benzene rings is 2. The number of carbonyl (C=O) groups is 1. The summed E-state index contributed by atoms with van der Waals surface area (Å²) < 4.78 is 18.5. The third-order valence-corrected chi connectivity index (χ3v) is 4.05. The van der Waals surface area contributed by atoms with Gasteiger partial charge in [-0.05, 0) is 47.4 Å². The molecule has 3 rings (SSSR count). The lowest BCUT2D eigenvalue weighted by Gasteiger charge is -2.10. The molecule has 0 saturated heterocycles. The molecule has 0 unspecified atom stereocenters. The maximum absolute atomic E-state index is 13.2. The Balaban J connectivity index is 1.91. The van der Waals surface area contributed by atoms with Crippen LogP contribution in [0, 0.1) is 5.82 Å². The second-order valence-corrected chi connectivity index (χ2v) is 6.19. The fourth-order valence-corrected chi connectivity index (χ4v) is 2.66. The summed E-state index contributed by atoms with van der Waals surface area (Å²) in [5.41, 5.74) is 2.01. The van der Waals surface area contributed by atoms with Crippen LogP contribution in [0.2, 0.25) is 0 Å². The van der Waals surface area contributed by atoms with Gasteiger partial charge in [0.05, 0.1) is 0 Å². The topological polar surface area (TPSA) is 59.3 Å². The van der Waals surface area contributed by atoms with Gasteiger partial charge in [0.25, 0.3) is 5.91 Å². The Bertz CT molecular complexity index is 992. The van der Waals surface area contributed by atoms with Crippen molar-refractivity contribution in [3.8, 4) is 0 Å². The zero-order valence-electron chi connectivity index (χ0n) is 14.0. The number of nitrogens with one attached hydrogen (secondary N) is 1. The summed E-state index contributed by atoms with van der Waals surface area (Å²) in [6.07, 6.45) is 0. The van der Waals surface area contributed by atoms with E-state index in [4.69, 9.17) is 4.42 Å². The van der Waals surface area contributed by atoms with Crippen LogP contribution in [0.4, 0.5) is 4.39 Å². The molecule has 1 amide bonds. The summed E-state index contributed by atoms with van der Waals surface area (Å²) in [5.74, 6) is -0.549. The van der Waals surface area contributed by atoms with Crippen molar-refractivity contribution in [3.63, 3.8) is 0 Å². The van der Waals surface area contributed by atoms with E-state index in [2.05, 4.69) is 19.2 Å². The fraction of sp³-hybridized carbons (Fsp3) is 0.200. The molecule has 0 radical (unpaired) electrons. The lowest BCUT2D eigenvalue weighted by molar-refractivity contribution is 0.0950. The number of hydrogen-bond donors (Lipinski definition) is 1. The minimum atomic E-state index is -0.472. The summed E-state index contributed by atoms with van der Waals surface area (Å²) in [6.45, 7) is 4.30. The van der Waals surface area contributed by atoms with E-state index in [0.717, 1.165) is 10.9 Å². The monoisotopic (exact) mass is 339 g/mol. The van der Waals surface area contributed by atoms with Gasteiger partial charge in [0.15, 0.2) is 0 Å². The van der Waals surface area contributed by atoms with Crippen molar-refractivity contribution < 1.29 is 13.6 Å². The van der Waals surface area contributed by atoms with E-state index in [1.165, 1.54) is 30.3 Å². The molecule has 0 fully saturated rings. The van der Waals surface area contributed by atoms with Crippen molar-refractivity contribution in [1.29, 1.82) is 0 Å². The van der Waals surface area contributed by atoms with Crippen LogP contribution in [0.25, 0.3) is 11.0 Å². The average molecular weight is 339 g/mol. The maximum atomic E-state index is 13.2. The molecule has 5 heteroatoms. The van der Waals surface area contributed by atoms with Crippen LogP contribution in [-0.2, 0) is 6.54 Å². The number of hydrogen-bond acceptors (Lipinski definition) is 3. The van der Waals surface area contributed by atoms with Crippen LogP contribution in [0.1, 0.15) is 41.3 Å². The Morgan fingerprint density at radius 3 is 2.68 bits per heavy atom. The third kappa shape index (κ3) is 3.76. The quantitative estimate of drug-likeness (QED) is 0.731. The van der Waals surface area contributed by atoms with Gasteiger partial charge in [-0.1, -0.05) is 26.0 Å². The molecule has 128 valence electrons. The molecule has 0 aliphatic heterocycles. The molecule has 0 bridgehead atoms. The minimum absolute atomic E-state index is 0.152. The van der Waals surface area contributed by atoms with Crippen molar-refractivity contribution in [2.45, 2.75) is 26.3 Å². The predicted molar refractivity (Wildman–Crippen MR) is 94.1 cm³/mol. The SMILES string of the molecule is CC(C)c1ccc2oc(=O)cc(CNC(=O)c3cccc(F)c3)c2c1. The van der Waals surface area contributed by atoms with Gasteiger partial charge in [0.1, 0.15) is 11.4 Å². The van der Waals surface area contributed by atoms with Crippen LogP contribution < -0.4 is 10.9 Å². The van der Waals surface area contributed by atoms with E-state index in [1.807, 2.05) is 12.1 Å². The van der Waals surface area contributed by atoms with Gasteiger partial charge >= 0.3 is 5.63 Å². The molecular formula is C20H18FNO3. The van der Waals surface area contributed by atoms with Crippen molar-refractivity contribution in [2.75, 3.05) is 0 Å². The summed E-state index contributed by atoms with van der Waals surface area (Å²) in [5, 5.41) is 3.51. The summed E-state index contributed by atoms with van der Waals surface area (Å²) in [7, 11) is 0. The third-order valence-electron chi connectivity index (χ3n) is 4.05. The molecule has 1 N–H and O–H groups in total. The minimum Gasteiger partial charge on any atom is -0.423 e. The number of carbonyl (C=O) groups excluding carboxylic acids is 1. The van der Waals surface area contributed by atoms with E-state index in [9.17, 15) is 14.0 Å². The average Bonchev–Trinajstić information content (AvgIpc) is 2.58. The summed E-state index contributed by atoms with van der Waals surface area (Å²) >= 11 is 0. The molecule has 25 heavy (non-hydrogen) atoms. The first-order chi connectivity index (χ1) is 11.9. The molecule has 1 heterocycles. The zero-order chi connectivity index (χ0) is 18.0. The number of halogens is 1. The van der Waals surface area contributed by atoms with Crippen LogP contribution in [-0.4, -0.2) is 5.91 Å². The van der Waals surface area contributed by atoms with Gasteiger partial charge in [-0.25, -0.2) is 9.18 Å². The van der Waals surface area contributed by atoms with E-state index in [0.29, 0.717) is 17.1 Å². The molecule has 0 spiro atoms. The highest BCUT2D eigenvalue weighted by Crippen LogP contribution is 2.23.